The minimum absolute atomic E-state index is 0. The van der Waals surface area contributed by atoms with Crippen molar-refractivity contribution in [1.82, 2.24) is 4.98 Å². The summed E-state index contributed by atoms with van der Waals surface area (Å²) >= 11 is 0. The van der Waals surface area contributed by atoms with Crippen LogP contribution < -0.4 is 61.2 Å². The molecule has 1 aromatic heterocycles. The van der Waals surface area contributed by atoms with Crippen LogP contribution in [0.1, 0.15) is 46.5 Å². The molecular formula is C18H21KNO4S+. The number of hydrogen-bond donors (Lipinski definition) is 0. The Labute approximate surface area is 193 Å². The number of benzene rings is 1. The van der Waals surface area contributed by atoms with E-state index in [-0.39, 0.29) is 56.3 Å². The van der Waals surface area contributed by atoms with Crippen LogP contribution >= 0.6 is 10.5 Å². The summed E-state index contributed by atoms with van der Waals surface area (Å²) < 4.78 is 5.66. The van der Waals surface area contributed by atoms with E-state index >= 15 is 0 Å². The second-order valence-electron chi connectivity index (χ2n) is 5.87. The van der Waals surface area contributed by atoms with Crippen molar-refractivity contribution in [2.24, 2.45) is 5.92 Å². The number of carbonyl (C=O) groups is 2. The van der Waals surface area contributed by atoms with Gasteiger partial charge in [-0.2, -0.15) is 4.98 Å². The maximum Gasteiger partial charge on any atom is 1.00 e. The molecule has 1 unspecified atom stereocenters. The molecule has 5 nitrogen and oxygen atoms in total. The second kappa shape index (κ2) is 9.94. The minimum atomic E-state index is -1.18. The molecule has 0 saturated heterocycles. The summed E-state index contributed by atoms with van der Waals surface area (Å²) in [7, 11) is -0.638. The van der Waals surface area contributed by atoms with Crippen molar-refractivity contribution in [2.75, 3.05) is 6.61 Å². The van der Waals surface area contributed by atoms with E-state index in [1.54, 1.807) is 19.1 Å². The molecule has 0 N–H and O–H groups in total. The van der Waals surface area contributed by atoms with E-state index in [0.29, 0.717) is 40.3 Å². The molecule has 128 valence electrons. The van der Waals surface area contributed by atoms with Crippen molar-refractivity contribution in [1.29, 1.82) is 0 Å². The van der Waals surface area contributed by atoms with Crippen LogP contribution in [-0.2, 0) is 5.75 Å². The van der Waals surface area contributed by atoms with Crippen LogP contribution in [0, 0.1) is 12.8 Å². The molecule has 1 heterocycles. The molecule has 0 saturated carbocycles. The quantitative estimate of drug-likeness (QED) is 0.381. The molecule has 2 rings (SSSR count). The van der Waals surface area contributed by atoms with Gasteiger partial charge in [0.05, 0.1) is 17.7 Å². The summed E-state index contributed by atoms with van der Waals surface area (Å²) in [6, 6.07) is 5.28. The fourth-order valence-electron chi connectivity index (χ4n) is 2.43. The Morgan fingerprint density at radius 2 is 2.08 bits per heavy atom. The number of aromatic nitrogens is 1. The average molecular weight is 387 g/mol. The maximum atomic E-state index is 11.4. The van der Waals surface area contributed by atoms with Gasteiger partial charge < -0.3 is 14.6 Å². The first-order valence-corrected chi connectivity index (χ1v) is 9.22. The topological polar surface area (TPSA) is 79.3 Å². The van der Waals surface area contributed by atoms with Gasteiger partial charge in [0.1, 0.15) is 23.2 Å². The molecular weight excluding hydrogens is 365 g/mol. The number of ether oxygens (including phenoxy) is 1. The summed E-state index contributed by atoms with van der Waals surface area (Å²) in [6.07, 6.45) is 0.749. The van der Waals surface area contributed by atoms with Crippen LogP contribution in [0.2, 0.25) is 0 Å². The van der Waals surface area contributed by atoms with Crippen LogP contribution in [0.25, 0.3) is 10.6 Å². The van der Waals surface area contributed by atoms with Crippen molar-refractivity contribution in [3.63, 3.8) is 0 Å². The third-order valence-electron chi connectivity index (χ3n) is 3.51. The Morgan fingerprint density at radius 1 is 1.40 bits per heavy atom. The fourth-order valence-corrected chi connectivity index (χ4v) is 4.45. The van der Waals surface area contributed by atoms with Crippen molar-refractivity contribution in [2.45, 2.75) is 33.4 Å². The number of aldehydes is 1. The zero-order valence-corrected chi connectivity index (χ0v) is 19.2. The van der Waals surface area contributed by atoms with E-state index in [1.165, 1.54) is 0 Å². The first-order valence-electron chi connectivity index (χ1n) is 7.83. The number of hydrogen-bond acceptors (Lipinski definition) is 5. The van der Waals surface area contributed by atoms with E-state index < -0.39 is 16.4 Å². The number of nitrogens with zero attached hydrogens (tertiary/aromatic N) is 1. The number of rotatable bonds is 7. The van der Waals surface area contributed by atoms with E-state index in [0.717, 1.165) is 11.8 Å². The maximum absolute atomic E-state index is 11.4. The molecule has 2 aromatic rings. The molecule has 0 aliphatic rings. The second-order valence-corrected chi connectivity index (χ2v) is 8.03. The Morgan fingerprint density at radius 3 is 2.60 bits per heavy atom. The number of carbonyl (C=O) groups excluding carboxylic acids is 2. The predicted molar refractivity (Wildman–Crippen MR) is 92.6 cm³/mol. The average Bonchev–Trinajstić information content (AvgIpc) is 2.89. The van der Waals surface area contributed by atoms with Gasteiger partial charge in [-0.1, -0.05) is 13.8 Å². The predicted octanol–water partition coefficient (Wildman–Crippen LogP) is 0.0408. The third-order valence-corrected chi connectivity index (χ3v) is 5.83. The van der Waals surface area contributed by atoms with Crippen molar-refractivity contribution < 1.29 is 70.8 Å². The van der Waals surface area contributed by atoms with Crippen LogP contribution in [-0.4, -0.2) is 23.8 Å². The first kappa shape index (κ1) is 22.5. The molecule has 0 fully saturated rings. The van der Waals surface area contributed by atoms with Gasteiger partial charge in [0, 0.05) is 10.5 Å². The summed E-state index contributed by atoms with van der Waals surface area (Å²) in [5, 5.41) is 12.1. The van der Waals surface area contributed by atoms with Gasteiger partial charge in [-0.3, -0.25) is 4.79 Å². The van der Waals surface area contributed by atoms with E-state index in [4.69, 9.17) is 4.74 Å². The fraction of sp³-hybridized carbons (Fsp3) is 0.389. The van der Waals surface area contributed by atoms with Gasteiger partial charge in [-0.05, 0) is 38.0 Å². The SMILES string of the molecule is CC[s+]1c(-c2ccc(OCC(C)C)c(C=O)c2)nc(C)c1C(=O)[O-].[K+]. The standard InChI is InChI=1S/C18H21NO4S.K/c1-5-24-16(18(21)22)12(4)19-17(24)13-6-7-15(14(8-13)9-20)23-10-11(2)3;/h6-9,11H,5,10H2,1-4H3;/q;+1. The number of aromatic carboxylic acids is 1. The van der Waals surface area contributed by atoms with Crippen molar-refractivity contribution >= 4 is 22.7 Å². The molecule has 0 radical (unpaired) electrons. The summed E-state index contributed by atoms with van der Waals surface area (Å²) in [5.41, 5.74) is 1.66. The van der Waals surface area contributed by atoms with Gasteiger partial charge >= 0.3 is 51.4 Å². The molecule has 0 spiro atoms. The number of carboxylic acid groups (broad SMARTS) is 1. The molecule has 7 heteroatoms. The Hall–Kier alpha value is -0.574. The number of carboxylic acids is 1. The Bertz CT molecular complexity index is 771. The van der Waals surface area contributed by atoms with Crippen LogP contribution in [0.5, 0.6) is 5.75 Å². The largest absolute Gasteiger partial charge is 1.00 e. The van der Waals surface area contributed by atoms with Gasteiger partial charge in [0.15, 0.2) is 6.29 Å². The smallest absolute Gasteiger partial charge is 0.540 e. The summed E-state index contributed by atoms with van der Waals surface area (Å²) in [4.78, 5) is 27.4. The Kier molecular flexibility index (Phi) is 8.93. The van der Waals surface area contributed by atoms with Crippen LogP contribution in [0.3, 0.4) is 0 Å². The third kappa shape index (κ3) is 5.21. The van der Waals surface area contributed by atoms with Gasteiger partial charge in [0.2, 0.25) is 4.88 Å². The minimum Gasteiger partial charge on any atom is -0.540 e. The van der Waals surface area contributed by atoms with Gasteiger partial charge in [-0.25, -0.2) is 0 Å². The normalized spacial score (nSPS) is 11.2. The van der Waals surface area contributed by atoms with E-state index in [9.17, 15) is 14.7 Å². The molecule has 1 atom stereocenters. The number of thiazole rings is 1. The van der Waals surface area contributed by atoms with E-state index in [1.807, 2.05) is 26.8 Å². The zero-order valence-electron chi connectivity index (χ0n) is 15.3. The van der Waals surface area contributed by atoms with Crippen LogP contribution in [0.15, 0.2) is 18.2 Å². The Balaban J connectivity index is 0.00000312. The summed E-state index contributed by atoms with van der Waals surface area (Å²) in [6.45, 7) is 8.18. The molecule has 0 aliphatic carbocycles. The number of aryl methyl sites for hydroxylation is 1. The van der Waals surface area contributed by atoms with Crippen LogP contribution in [0.4, 0.5) is 0 Å². The molecule has 0 aliphatic heterocycles. The first-order chi connectivity index (χ1) is 11.4. The van der Waals surface area contributed by atoms with E-state index in [2.05, 4.69) is 4.98 Å². The zero-order chi connectivity index (χ0) is 17.9. The molecule has 25 heavy (non-hydrogen) atoms. The monoisotopic (exact) mass is 386 g/mol. The molecule has 0 bridgehead atoms. The molecule has 0 amide bonds. The van der Waals surface area contributed by atoms with Gasteiger partial charge in [-0.15, -0.1) is 0 Å². The van der Waals surface area contributed by atoms with Gasteiger partial charge in [0.25, 0.3) is 5.01 Å². The van der Waals surface area contributed by atoms with Crippen molar-refractivity contribution in [3.05, 3.63) is 34.3 Å². The summed E-state index contributed by atoms with van der Waals surface area (Å²) in [5.74, 6) is 0.333. The molecule has 1 aromatic carbocycles. The van der Waals surface area contributed by atoms with Crippen molar-refractivity contribution in [3.8, 4) is 16.3 Å².